The summed E-state index contributed by atoms with van der Waals surface area (Å²) in [6.45, 7) is 5.52. The van der Waals surface area contributed by atoms with Crippen LogP contribution in [-0.2, 0) is 4.79 Å². The van der Waals surface area contributed by atoms with Crippen LogP contribution in [0.2, 0.25) is 0 Å². The van der Waals surface area contributed by atoms with Crippen molar-refractivity contribution in [1.29, 1.82) is 0 Å². The highest BCUT2D eigenvalue weighted by molar-refractivity contribution is 5.85. The SMILES string of the molecule is CCC(C)(N)C(=O)NC(C)c1ccc(OC)c(OC)c1. The molecule has 2 atom stereocenters. The van der Waals surface area contributed by atoms with E-state index in [9.17, 15) is 4.79 Å². The number of carbonyl (C=O) groups is 1. The summed E-state index contributed by atoms with van der Waals surface area (Å²) in [6, 6.07) is 5.41. The number of nitrogens with two attached hydrogens (primary N) is 1. The van der Waals surface area contributed by atoms with Crippen LogP contribution in [0, 0.1) is 0 Å². The molecule has 0 aliphatic heterocycles. The third kappa shape index (κ3) is 3.63. The van der Waals surface area contributed by atoms with Crippen molar-refractivity contribution in [1.82, 2.24) is 5.32 Å². The van der Waals surface area contributed by atoms with E-state index in [4.69, 9.17) is 15.2 Å². The molecule has 0 fully saturated rings. The molecule has 0 aromatic heterocycles. The largest absolute Gasteiger partial charge is 0.493 e. The molecule has 0 saturated heterocycles. The lowest BCUT2D eigenvalue weighted by Gasteiger charge is -2.25. The standard InChI is InChI=1S/C15H24N2O3/c1-6-15(3,16)14(18)17-10(2)11-7-8-12(19-4)13(9-11)20-5/h7-10H,6,16H2,1-5H3,(H,17,18). The summed E-state index contributed by atoms with van der Waals surface area (Å²) >= 11 is 0. The first-order chi connectivity index (χ1) is 9.35. The van der Waals surface area contributed by atoms with Crippen molar-refractivity contribution < 1.29 is 14.3 Å². The van der Waals surface area contributed by atoms with Gasteiger partial charge in [0, 0.05) is 0 Å². The number of hydrogen-bond acceptors (Lipinski definition) is 4. The summed E-state index contributed by atoms with van der Waals surface area (Å²) in [5.74, 6) is 1.13. The Morgan fingerprint density at radius 1 is 1.35 bits per heavy atom. The van der Waals surface area contributed by atoms with E-state index in [1.165, 1.54) is 0 Å². The number of rotatable bonds is 6. The number of carbonyl (C=O) groups excluding carboxylic acids is 1. The van der Waals surface area contributed by atoms with Crippen molar-refractivity contribution >= 4 is 5.91 Å². The lowest BCUT2D eigenvalue weighted by atomic mass is 9.98. The number of ether oxygens (including phenoxy) is 2. The molecule has 2 unspecified atom stereocenters. The van der Waals surface area contributed by atoms with Gasteiger partial charge in [-0.15, -0.1) is 0 Å². The van der Waals surface area contributed by atoms with E-state index in [1.807, 2.05) is 32.0 Å². The van der Waals surface area contributed by atoms with Crippen molar-refractivity contribution in [2.24, 2.45) is 5.73 Å². The van der Waals surface area contributed by atoms with Gasteiger partial charge in [0.05, 0.1) is 25.8 Å². The molecule has 1 aromatic carbocycles. The Labute approximate surface area is 120 Å². The van der Waals surface area contributed by atoms with Crippen LogP contribution in [0.1, 0.15) is 38.8 Å². The van der Waals surface area contributed by atoms with Gasteiger partial charge in [0.15, 0.2) is 11.5 Å². The number of nitrogens with one attached hydrogen (secondary N) is 1. The van der Waals surface area contributed by atoms with Gasteiger partial charge in [-0.05, 0) is 38.0 Å². The summed E-state index contributed by atoms with van der Waals surface area (Å²) in [7, 11) is 3.17. The predicted molar refractivity (Wildman–Crippen MR) is 79.0 cm³/mol. The quantitative estimate of drug-likeness (QED) is 0.836. The molecule has 1 aromatic rings. The van der Waals surface area contributed by atoms with Crippen molar-refractivity contribution in [2.75, 3.05) is 14.2 Å². The fourth-order valence-electron chi connectivity index (χ4n) is 1.73. The first-order valence-electron chi connectivity index (χ1n) is 6.67. The Bertz CT molecular complexity index is 472. The highest BCUT2D eigenvalue weighted by atomic mass is 16.5. The molecule has 0 spiro atoms. The Morgan fingerprint density at radius 3 is 2.45 bits per heavy atom. The van der Waals surface area contributed by atoms with Crippen molar-refractivity contribution in [3.63, 3.8) is 0 Å². The minimum atomic E-state index is -0.856. The first kappa shape index (κ1) is 16.3. The molecule has 1 amide bonds. The molecule has 3 N–H and O–H groups in total. The van der Waals surface area contributed by atoms with Gasteiger partial charge in [-0.3, -0.25) is 4.79 Å². The van der Waals surface area contributed by atoms with Crippen LogP contribution < -0.4 is 20.5 Å². The van der Waals surface area contributed by atoms with Gasteiger partial charge >= 0.3 is 0 Å². The Hall–Kier alpha value is -1.75. The smallest absolute Gasteiger partial charge is 0.240 e. The van der Waals surface area contributed by atoms with Crippen LogP contribution in [0.25, 0.3) is 0 Å². The molecular weight excluding hydrogens is 256 g/mol. The molecule has 0 aliphatic rings. The normalized spacial score (nSPS) is 15.1. The maximum atomic E-state index is 12.1. The Morgan fingerprint density at radius 2 is 1.95 bits per heavy atom. The van der Waals surface area contributed by atoms with Crippen LogP contribution in [0.4, 0.5) is 0 Å². The molecule has 112 valence electrons. The summed E-state index contributed by atoms with van der Waals surface area (Å²) in [5.41, 5.74) is 6.01. The van der Waals surface area contributed by atoms with Gasteiger partial charge in [-0.2, -0.15) is 0 Å². The number of benzene rings is 1. The fraction of sp³-hybridized carbons (Fsp3) is 0.533. The molecular formula is C15H24N2O3. The second-order valence-corrected chi connectivity index (χ2v) is 5.08. The van der Waals surface area contributed by atoms with E-state index >= 15 is 0 Å². The minimum absolute atomic E-state index is 0.156. The van der Waals surface area contributed by atoms with Crippen LogP contribution in [0.5, 0.6) is 11.5 Å². The maximum absolute atomic E-state index is 12.1. The molecule has 0 heterocycles. The van der Waals surface area contributed by atoms with E-state index in [0.717, 1.165) is 5.56 Å². The van der Waals surface area contributed by atoms with Gasteiger partial charge < -0.3 is 20.5 Å². The molecule has 1 rings (SSSR count). The highest BCUT2D eigenvalue weighted by Crippen LogP contribution is 2.30. The second kappa shape index (κ2) is 6.61. The maximum Gasteiger partial charge on any atom is 0.240 e. The first-order valence-corrected chi connectivity index (χ1v) is 6.67. The fourth-order valence-corrected chi connectivity index (χ4v) is 1.73. The zero-order valence-corrected chi connectivity index (χ0v) is 12.8. The lowest BCUT2D eigenvalue weighted by Crippen LogP contribution is -2.51. The molecule has 0 saturated carbocycles. The second-order valence-electron chi connectivity index (χ2n) is 5.08. The monoisotopic (exact) mass is 280 g/mol. The van der Waals surface area contributed by atoms with E-state index < -0.39 is 5.54 Å². The average Bonchev–Trinajstić information content (AvgIpc) is 2.46. The van der Waals surface area contributed by atoms with E-state index in [1.54, 1.807) is 21.1 Å². The molecule has 0 radical (unpaired) electrons. The number of amides is 1. The minimum Gasteiger partial charge on any atom is -0.493 e. The molecule has 0 bridgehead atoms. The van der Waals surface area contributed by atoms with Crippen LogP contribution in [0.15, 0.2) is 18.2 Å². The van der Waals surface area contributed by atoms with Crippen LogP contribution in [0.3, 0.4) is 0 Å². The molecule has 5 heteroatoms. The van der Waals surface area contributed by atoms with Gasteiger partial charge in [0.1, 0.15) is 0 Å². The summed E-state index contributed by atoms with van der Waals surface area (Å²) < 4.78 is 10.4. The zero-order valence-electron chi connectivity index (χ0n) is 12.8. The van der Waals surface area contributed by atoms with Gasteiger partial charge in [0.2, 0.25) is 5.91 Å². The van der Waals surface area contributed by atoms with E-state index in [0.29, 0.717) is 17.9 Å². The van der Waals surface area contributed by atoms with Crippen molar-refractivity contribution in [2.45, 2.75) is 38.8 Å². The molecule has 0 aliphatic carbocycles. The third-order valence-corrected chi connectivity index (χ3v) is 3.51. The summed E-state index contributed by atoms with van der Waals surface area (Å²) in [5, 5.41) is 2.92. The third-order valence-electron chi connectivity index (χ3n) is 3.51. The lowest BCUT2D eigenvalue weighted by molar-refractivity contribution is -0.126. The number of hydrogen-bond donors (Lipinski definition) is 2. The van der Waals surface area contributed by atoms with Gasteiger partial charge in [0.25, 0.3) is 0 Å². The van der Waals surface area contributed by atoms with Gasteiger partial charge in [-0.25, -0.2) is 0 Å². The number of methoxy groups -OCH3 is 2. The average molecular weight is 280 g/mol. The van der Waals surface area contributed by atoms with Gasteiger partial charge in [-0.1, -0.05) is 13.0 Å². The molecule has 20 heavy (non-hydrogen) atoms. The van der Waals surface area contributed by atoms with Crippen LogP contribution in [-0.4, -0.2) is 25.7 Å². The van der Waals surface area contributed by atoms with Crippen molar-refractivity contribution in [3.8, 4) is 11.5 Å². The highest BCUT2D eigenvalue weighted by Gasteiger charge is 2.27. The Balaban J connectivity index is 2.88. The van der Waals surface area contributed by atoms with Crippen LogP contribution >= 0.6 is 0 Å². The van der Waals surface area contributed by atoms with Crippen molar-refractivity contribution in [3.05, 3.63) is 23.8 Å². The summed E-state index contributed by atoms with van der Waals surface area (Å²) in [6.07, 6.45) is 0.581. The summed E-state index contributed by atoms with van der Waals surface area (Å²) in [4.78, 5) is 12.1. The van der Waals surface area contributed by atoms with E-state index in [-0.39, 0.29) is 11.9 Å². The topological polar surface area (TPSA) is 73.6 Å². The Kier molecular flexibility index (Phi) is 5.39. The molecule has 5 nitrogen and oxygen atoms in total. The predicted octanol–water partition coefficient (Wildman–Crippen LogP) is 2.01. The zero-order chi connectivity index (χ0) is 15.3. The van der Waals surface area contributed by atoms with E-state index in [2.05, 4.69) is 5.32 Å².